The van der Waals surface area contributed by atoms with Gasteiger partial charge in [-0.05, 0) is 0 Å². The third kappa shape index (κ3) is 4.36. The van der Waals surface area contributed by atoms with Gasteiger partial charge in [0.05, 0.1) is 13.2 Å². The summed E-state index contributed by atoms with van der Waals surface area (Å²) in [5.74, 6) is 0.0101. The van der Waals surface area contributed by atoms with E-state index in [0.717, 1.165) is 0 Å². The minimum atomic E-state index is 0.0101. The summed E-state index contributed by atoms with van der Waals surface area (Å²) in [6.07, 6.45) is 1.98. The van der Waals surface area contributed by atoms with Gasteiger partial charge in [0, 0.05) is 37.6 Å². The van der Waals surface area contributed by atoms with E-state index in [-0.39, 0.29) is 19.0 Å². The first-order chi connectivity index (χ1) is 7.77. The number of nitrogens with zero attached hydrogens (tertiary/aromatic N) is 2. The van der Waals surface area contributed by atoms with Crippen LogP contribution in [0.5, 0.6) is 0 Å². The van der Waals surface area contributed by atoms with Gasteiger partial charge in [-0.2, -0.15) is 0 Å². The molecule has 1 aromatic rings. The molecule has 1 heterocycles. The summed E-state index contributed by atoms with van der Waals surface area (Å²) >= 11 is 1.33. The van der Waals surface area contributed by atoms with E-state index in [1.54, 1.807) is 11.6 Å². The quantitative estimate of drug-likeness (QED) is 0.630. The van der Waals surface area contributed by atoms with Crippen molar-refractivity contribution < 1.29 is 15.0 Å². The SMILES string of the molecule is O=C(CCN(CCO)CCO)c1nccs1. The van der Waals surface area contributed by atoms with Crippen molar-refractivity contribution in [3.8, 4) is 0 Å². The first-order valence-corrected chi connectivity index (χ1v) is 6.02. The van der Waals surface area contributed by atoms with E-state index in [2.05, 4.69) is 4.98 Å². The lowest BCUT2D eigenvalue weighted by atomic mass is 10.2. The maximum Gasteiger partial charge on any atom is 0.192 e. The number of hydrogen-bond donors (Lipinski definition) is 2. The van der Waals surface area contributed by atoms with Crippen molar-refractivity contribution in [2.75, 3.05) is 32.8 Å². The molecule has 0 amide bonds. The largest absolute Gasteiger partial charge is 0.395 e. The predicted molar refractivity (Wildman–Crippen MR) is 61.7 cm³/mol. The van der Waals surface area contributed by atoms with E-state index in [4.69, 9.17) is 10.2 Å². The van der Waals surface area contributed by atoms with Gasteiger partial charge in [-0.1, -0.05) is 0 Å². The first kappa shape index (κ1) is 13.2. The standard InChI is InChI=1S/C10H16N2O3S/c13-6-4-12(5-7-14)3-1-9(15)10-11-2-8-16-10/h2,8,13-14H,1,3-7H2. The van der Waals surface area contributed by atoms with Crippen LogP contribution in [0.25, 0.3) is 0 Å². The number of aliphatic hydroxyl groups excluding tert-OH is 2. The van der Waals surface area contributed by atoms with E-state index >= 15 is 0 Å². The highest BCUT2D eigenvalue weighted by molar-refractivity contribution is 7.11. The monoisotopic (exact) mass is 244 g/mol. The molecule has 0 bridgehead atoms. The Hall–Kier alpha value is -0.820. The lowest BCUT2D eigenvalue weighted by molar-refractivity contribution is 0.0946. The fourth-order valence-corrected chi connectivity index (χ4v) is 1.95. The van der Waals surface area contributed by atoms with Crippen LogP contribution in [0.4, 0.5) is 0 Å². The van der Waals surface area contributed by atoms with Gasteiger partial charge in [0.1, 0.15) is 0 Å². The van der Waals surface area contributed by atoms with E-state index in [1.807, 2.05) is 4.90 Å². The molecule has 0 radical (unpaired) electrons. The average Bonchev–Trinajstić information content (AvgIpc) is 2.79. The lowest BCUT2D eigenvalue weighted by Gasteiger charge is -2.18. The Morgan fingerprint density at radius 2 is 2.00 bits per heavy atom. The summed E-state index contributed by atoms with van der Waals surface area (Å²) in [6, 6.07) is 0. The average molecular weight is 244 g/mol. The summed E-state index contributed by atoms with van der Waals surface area (Å²) in [5, 5.41) is 19.9. The van der Waals surface area contributed by atoms with Crippen LogP contribution in [0.15, 0.2) is 11.6 Å². The molecule has 0 saturated heterocycles. The highest BCUT2D eigenvalue weighted by Crippen LogP contribution is 2.07. The summed E-state index contributed by atoms with van der Waals surface area (Å²) in [7, 11) is 0. The molecule has 0 aromatic carbocycles. The molecular weight excluding hydrogens is 228 g/mol. The highest BCUT2D eigenvalue weighted by atomic mass is 32.1. The number of carbonyl (C=O) groups is 1. The Morgan fingerprint density at radius 1 is 1.31 bits per heavy atom. The number of hydrogen-bond acceptors (Lipinski definition) is 6. The maximum atomic E-state index is 11.6. The normalized spacial score (nSPS) is 10.9. The molecule has 0 saturated carbocycles. The molecule has 90 valence electrons. The second kappa shape index (κ2) is 7.45. The van der Waals surface area contributed by atoms with Crippen LogP contribution < -0.4 is 0 Å². The number of aliphatic hydroxyl groups is 2. The summed E-state index contributed by atoms with van der Waals surface area (Å²) in [5.41, 5.74) is 0. The molecule has 1 aromatic heterocycles. The minimum Gasteiger partial charge on any atom is -0.395 e. The van der Waals surface area contributed by atoms with Crippen molar-refractivity contribution in [2.45, 2.75) is 6.42 Å². The van der Waals surface area contributed by atoms with Gasteiger partial charge < -0.3 is 10.2 Å². The molecule has 16 heavy (non-hydrogen) atoms. The molecular formula is C10H16N2O3S. The van der Waals surface area contributed by atoms with E-state index < -0.39 is 0 Å². The predicted octanol–water partition coefficient (Wildman–Crippen LogP) is 0.00250. The van der Waals surface area contributed by atoms with Crippen molar-refractivity contribution in [1.29, 1.82) is 0 Å². The van der Waals surface area contributed by atoms with Gasteiger partial charge in [-0.15, -0.1) is 11.3 Å². The molecule has 0 atom stereocenters. The van der Waals surface area contributed by atoms with Crippen LogP contribution in [0.2, 0.25) is 0 Å². The lowest BCUT2D eigenvalue weighted by Crippen LogP contribution is -2.31. The molecule has 0 aliphatic rings. The zero-order valence-corrected chi connectivity index (χ0v) is 9.82. The van der Waals surface area contributed by atoms with Crippen LogP contribution in [0, 0.1) is 0 Å². The molecule has 0 aliphatic carbocycles. The molecule has 2 N–H and O–H groups in total. The number of carbonyl (C=O) groups excluding carboxylic acids is 1. The molecule has 0 spiro atoms. The van der Waals surface area contributed by atoms with Crippen molar-refractivity contribution in [3.63, 3.8) is 0 Å². The summed E-state index contributed by atoms with van der Waals surface area (Å²) < 4.78 is 0. The smallest absolute Gasteiger partial charge is 0.192 e. The van der Waals surface area contributed by atoms with Crippen LogP contribution in [0.1, 0.15) is 16.2 Å². The van der Waals surface area contributed by atoms with Crippen LogP contribution in [0.3, 0.4) is 0 Å². The Morgan fingerprint density at radius 3 is 2.50 bits per heavy atom. The van der Waals surface area contributed by atoms with E-state index in [9.17, 15) is 4.79 Å². The first-order valence-electron chi connectivity index (χ1n) is 5.14. The van der Waals surface area contributed by atoms with Gasteiger partial charge >= 0.3 is 0 Å². The molecule has 0 unspecified atom stereocenters. The number of ketones is 1. The molecule has 0 aliphatic heterocycles. The van der Waals surface area contributed by atoms with Gasteiger partial charge in [-0.25, -0.2) is 4.98 Å². The number of Topliss-reactive ketones (excluding diaryl/α,β-unsaturated/α-hetero) is 1. The van der Waals surface area contributed by atoms with Crippen LogP contribution in [-0.4, -0.2) is 58.7 Å². The van der Waals surface area contributed by atoms with Crippen LogP contribution in [-0.2, 0) is 0 Å². The van der Waals surface area contributed by atoms with Gasteiger partial charge in [0.25, 0.3) is 0 Å². The second-order valence-corrected chi connectivity index (χ2v) is 4.19. The van der Waals surface area contributed by atoms with E-state index in [1.165, 1.54) is 11.3 Å². The Bertz CT molecular complexity index is 297. The Labute approximate surface area is 98.4 Å². The molecule has 1 rings (SSSR count). The number of thiazole rings is 1. The second-order valence-electron chi connectivity index (χ2n) is 3.30. The van der Waals surface area contributed by atoms with Crippen molar-refractivity contribution >= 4 is 17.1 Å². The highest BCUT2D eigenvalue weighted by Gasteiger charge is 2.11. The van der Waals surface area contributed by atoms with Gasteiger partial charge in [0.2, 0.25) is 0 Å². The summed E-state index contributed by atoms with van der Waals surface area (Å²) in [4.78, 5) is 17.4. The fourth-order valence-electron chi connectivity index (χ4n) is 1.35. The number of rotatable bonds is 8. The molecule has 0 fully saturated rings. The van der Waals surface area contributed by atoms with Crippen molar-refractivity contribution in [3.05, 3.63) is 16.6 Å². The third-order valence-electron chi connectivity index (χ3n) is 2.16. The zero-order valence-electron chi connectivity index (χ0n) is 9.00. The fraction of sp³-hybridized carbons (Fsp3) is 0.600. The topological polar surface area (TPSA) is 73.7 Å². The molecule has 5 nitrogen and oxygen atoms in total. The maximum absolute atomic E-state index is 11.6. The van der Waals surface area contributed by atoms with Crippen LogP contribution >= 0.6 is 11.3 Å². The Balaban J connectivity index is 2.34. The van der Waals surface area contributed by atoms with Gasteiger partial charge in [0.15, 0.2) is 10.8 Å². The minimum absolute atomic E-state index is 0.0101. The van der Waals surface area contributed by atoms with Crippen molar-refractivity contribution in [1.82, 2.24) is 9.88 Å². The van der Waals surface area contributed by atoms with Crippen molar-refractivity contribution in [2.24, 2.45) is 0 Å². The number of aromatic nitrogens is 1. The third-order valence-corrected chi connectivity index (χ3v) is 2.97. The summed E-state index contributed by atoms with van der Waals surface area (Å²) in [6.45, 7) is 1.56. The van der Waals surface area contributed by atoms with Gasteiger partial charge in [-0.3, -0.25) is 9.69 Å². The Kier molecular flexibility index (Phi) is 6.17. The zero-order chi connectivity index (χ0) is 11.8. The van der Waals surface area contributed by atoms with E-state index in [0.29, 0.717) is 31.1 Å². The molecule has 6 heteroatoms.